The lowest BCUT2D eigenvalue weighted by Gasteiger charge is -2.06. The lowest BCUT2D eigenvalue weighted by atomic mass is 10.2. The highest BCUT2D eigenvalue weighted by molar-refractivity contribution is 7.99. The highest BCUT2D eigenvalue weighted by Crippen LogP contribution is 2.17. The Morgan fingerprint density at radius 2 is 1.69 bits per heavy atom. The van der Waals surface area contributed by atoms with Gasteiger partial charge in [-0.3, -0.25) is 0 Å². The van der Waals surface area contributed by atoms with Crippen LogP contribution in [0.4, 0.5) is 0 Å². The molecule has 0 fully saturated rings. The van der Waals surface area contributed by atoms with Crippen LogP contribution in [0.15, 0.2) is 29.2 Å². The number of nitrogens with one attached hydrogen (secondary N) is 2. The van der Waals surface area contributed by atoms with Crippen LogP contribution in [0, 0.1) is 0 Å². The van der Waals surface area contributed by atoms with Crippen molar-refractivity contribution in [1.29, 1.82) is 0 Å². The van der Waals surface area contributed by atoms with Crippen molar-refractivity contribution >= 4 is 11.8 Å². The molecule has 90 valence electrons. The smallest absolute Gasteiger partial charge is 0.0206 e. The fourth-order valence-corrected chi connectivity index (χ4v) is 2.12. The molecule has 0 aliphatic rings. The van der Waals surface area contributed by atoms with Crippen molar-refractivity contribution in [3.8, 4) is 0 Å². The van der Waals surface area contributed by atoms with Crippen LogP contribution in [0.1, 0.15) is 19.4 Å². The molecule has 0 aliphatic carbocycles. The third-order valence-corrected chi connectivity index (χ3v) is 3.19. The molecule has 2 nitrogen and oxygen atoms in total. The lowest BCUT2D eigenvalue weighted by Crippen LogP contribution is -2.26. The molecule has 16 heavy (non-hydrogen) atoms. The number of rotatable bonds is 8. The average molecular weight is 238 g/mol. The molecular weight excluding hydrogens is 216 g/mol. The summed E-state index contributed by atoms with van der Waals surface area (Å²) in [5.74, 6) is 1.14. The first-order chi connectivity index (χ1) is 7.86. The summed E-state index contributed by atoms with van der Waals surface area (Å²) in [5, 5.41) is 6.71. The summed E-state index contributed by atoms with van der Waals surface area (Å²) in [5.41, 5.74) is 1.36. The van der Waals surface area contributed by atoms with Crippen molar-refractivity contribution in [2.45, 2.75) is 25.3 Å². The zero-order chi connectivity index (χ0) is 11.6. The van der Waals surface area contributed by atoms with E-state index in [1.807, 2.05) is 11.8 Å². The predicted molar refractivity (Wildman–Crippen MR) is 73.1 cm³/mol. The molecule has 0 radical (unpaired) electrons. The van der Waals surface area contributed by atoms with Crippen LogP contribution in [0.25, 0.3) is 0 Å². The van der Waals surface area contributed by atoms with E-state index < -0.39 is 0 Å². The number of hydrogen-bond donors (Lipinski definition) is 2. The van der Waals surface area contributed by atoms with E-state index in [0.717, 1.165) is 31.9 Å². The van der Waals surface area contributed by atoms with Crippen LogP contribution in [0.5, 0.6) is 0 Å². The van der Waals surface area contributed by atoms with Gasteiger partial charge in [-0.15, -0.1) is 11.8 Å². The Balaban J connectivity index is 2.21. The Kier molecular flexibility index (Phi) is 7.30. The van der Waals surface area contributed by atoms with Crippen LogP contribution < -0.4 is 10.6 Å². The minimum Gasteiger partial charge on any atom is -0.316 e. The fourth-order valence-electron chi connectivity index (χ4n) is 1.46. The van der Waals surface area contributed by atoms with Crippen LogP contribution in [0.3, 0.4) is 0 Å². The van der Waals surface area contributed by atoms with Gasteiger partial charge in [0.1, 0.15) is 0 Å². The van der Waals surface area contributed by atoms with Gasteiger partial charge in [0.2, 0.25) is 0 Å². The Bertz CT molecular complexity index is 272. The van der Waals surface area contributed by atoms with Gasteiger partial charge in [-0.05, 0) is 30.0 Å². The van der Waals surface area contributed by atoms with Gasteiger partial charge in [0, 0.05) is 24.5 Å². The van der Waals surface area contributed by atoms with Crippen LogP contribution >= 0.6 is 11.8 Å². The van der Waals surface area contributed by atoms with Gasteiger partial charge >= 0.3 is 0 Å². The maximum absolute atomic E-state index is 3.42. The first-order valence-electron chi connectivity index (χ1n) is 6.00. The first-order valence-corrected chi connectivity index (χ1v) is 6.98. The summed E-state index contributed by atoms with van der Waals surface area (Å²) in [6.07, 6.45) is 0. The molecule has 1 aromatic rings. The molecule has 0 aromatic heterocycles. The standard InChI is InChI=1S/C13H22N2S/c1-3-14-9-10-15-11-12-5-7-13(8-6-12)16-4-2/h5-8,14-15H,3-4,9-11H2,1-2H3. The van der Waals surface area contributed by atoms with Gasteiger partial charge in [0.05, 0.1) is 0 Å². The Morgan fingerprint density at radius 1 is 1.00 bits per heavy atom. The number of hydrogen-bond acceptors (Lipinski definition) is 3. The molecule has 0 amide bonds. The van der Waals surface area contributed by atoms with Crippen molar-refractivity contribution in [2.24, 2.45) is 0 Å². The summed E-state index contributed by atoms with van der Waals surface area (Å²) in [6, 6.07) is 8.82. The molecule has 1 aromatic carbocycles. The molecule has 1 rings (SSSR count). The van der Waals surface area contributed by atoms with Gasteiger partial charge in [-0.2, -0.15) is 0 Å². The van der Waals surface area contributed by atoms with Gasteiger partial charge in [-0.25, -0.2) is 0 Å². The maximum atomic E-state index is 3.42. The van der Waals surface area contributed by atoms with Gasteiger partial charge in [-0.1, -0.05) is 26.0 Å². The average Bonchev–Trinajstić information content (AvgIpc) is 2.31. The number of benzene rings is 1. The lowest BCUT2D eigenvalue weighted by molar-refractivity contribution is 0.625. The topological polar surface area (TPSA) is 24.1 Å². The molecule has 0 atom stereocenters. The van der Waals surface area contributed by atoms with Crippen LogP contribution in [-0.4, -0.2) is 25.4 Å². The zero-order valence-corrected chi connectivity index (χ0v) is 11.1. The molecule has 0 spiro atoms. The normalized spacial score (nSPS) is 10.6. The third-order valence-electron chi connectivity index (χ3n) is 2.29. The van der Waals surface area contributed by atoms with E-state index in [9.17, 15) is 0 Å². The van der Waals surface area contributed by atoms with Crippen molar-refractivity contribution < 1.29 is 0 Å². The van der Waals surface area contributed by atoms with E-state index in [-0.39, 0.29) is 0 Å². The van der Waals surface area contributed by atoms with E-state index in [1.54, 1.807) is 0 Å². The largest absolute Gasteiger partial charge is 0.316 e. The van der Waals surface area contributed by atoms with E-state index in [0.29, 0.717) is 0 Å². The molecule has 2 N–H and O–H groups in total. The molecular formula is C13H22N2S. The summed E-state index contributed by atoms with van der Waals surface area (Å²) < 4.78 is 0. The first kappa shape index (κ1) is 13.6. The quantitative estimate of drug-likeness (QED) is 0.537. The third kappa shape index (κ3) is 5.54. The minimum absolute atomic E-state index is 0.961. The van der Waals surface area contributed by atoms with Gasteiger partial charge in [0.25, 0.3) is 0 Å². The second-order valence-electron chi connectivity index (χ2n) is 3.61. The Labute approximate surface area is 103 Å². The maximum Gasteiger partial charge on any atom is 0.0206 e. The summed E-state index contributed by atoms with van der Waals surface area (Å²) in [6.45, 7) is 8.39. The Hall–Kier alpha value is -0.510. The van der Waals surface area contributed by atoms with Crippen LogP contribution in [0.2, 0.25) is 0 Å². The predicted octanol–water partition coefficient (Wildman–Crippen LogP) is 2.50. The SMILES string of the molecule is CCNCCNCc1ccc(SCC)cc1. The molecule has 0 unspecified atom stereocenters. The van der Waals surface area contributed by atoms with E-state index in [4.69, 9.17) is 0 Å². The van der Waals surface area contributed by atoms with Crippen molar-refractivity contribution in [3.05, 3.63) is 29.8 Å². The highest BCUT2D eigenvalue weighted by Gasteiger charge is 1.94. The van der Waals surface area contributed by atoms with E-state index >= 15 is 0 Å². The van der Waals surface area contributed by atoms with Crippen molar-refractivity contribution in [2.75, 3.05) is 25.4 Å². The second-order valence-corrected chi connectivity index (χ2v) is 4.94. The summed E-state index contributed by atoms with van der Waals surface area (Å²) >= 11 is 1.89. The van der Waals surface area contributed by atoms with E-state index in [2.05, 4.69) is 48.7 Å². The van der Waals surface area contributed by atoms with E-state index in [1.165, 1.54) is 10.5 Å². The summed E-state index contributed by atoms with van der Waals surface area (Å²) in [7, 11) is 0. The van der Waals surface area contributed by atoms with Crippen molar-refractivity contribution in [3.63, 3.8) is 0 Å². The van der Waals surface area contributed by atoms with Gasteiger partial charge < -0.3 is 10.6 Å². The fraction of sp³-hybridized carbons (Fsp3) is 0.538. The molecule has 0 saturated carbocycles. The monoisotopic (exact) mass is 238 g/mol. The number of likely N-dealkylation sites (N-methyl/N-ethyl adjacent to an activating group) is 1. The second kappa shape index (κ2) is 8.62. The molecule has 0 bridgehead atoms. The summed E-state index contributed by atoms with van der Waals surface area (Å²) in [4.78, 5) is 1.36. The molecule has 0 saturated heterocycles. The van der Waals surface area contributed by atoms with Crippen LogP contribution in [-0.2, 0) is 6.54 Å². The highest BCUT2D eigenvalue weighted by atomic mass is 32.2. The zero-order valence-electron chi connectivity index (χ0n) is 10.3. The van der Waals surface area contributed by atoms with Crippen molar-refractivity contribution in [1.82, 2.24) is 10.6 Å². The van der Waals surface area contributed by atoms with Gasteiger partial charge in [0.15, 0.2) is 0 Å². The molecule has 3 heteroatoms. The molecule has 0 aliphatic heterocycles. The number of thioether (sulfide) groups is 1. The minimum atomic E-state index is 0.961. The molecule has 0 heterocycles. The Morgan fingerprint density at radius 3 is 2.31 bits per heavy atom.